The van der Waals surface area contributed by atoms with Crippen LogP contribution in [0.3, 0.4) is 0 Å². The lowest BCUT2D eigenvalue weighted by Gasteiger charge is -2.21. The number of benzene rings is 3. The van der Waals surface area contributed by atoms with Crippen LogP contribution in [-0.2, 0) is 10.5 Å². The average molecular weight is 453 g/mol. The largest absolute Gasteiger partial charge is 0.488 e. The van der Waals surface area contributed by atoms with Crippen molar-refractivity contribution < 1.29 is 26.0 Å². The molecule has 1 unspecified atom stereocenters. The fourth-order valence-corrected chi connectivity index (χ4v) is 2.82. The maximum Gasteiger partial charge on any atom is 0.488 e. The molecule has 0 amide bonds. The van der Waals surface area contributed by atoms with Crippen LogP contribution in [0.5, 0.6) is 17.2 Å². The second kappa shape index (κ2) is 8.41. The van der Waals surface area contributed by atoms with Crippen LogP contribution in [0.25, 0.3) is 0 Å². The van der Waals surface area contributed by atoms with Crippen molar-refractivity contribution in [3.63, 3.8) is 0 Å². The number of rotatable bonds is 7. The van der Waals surface area contributed by atoms with Gasteiger partial charge < -0.3 is 13.7 Å². The van der Waals surface area contributed by atoms with Gasteiger partial charge in [0.05, 0.1) is 0 Å². The van der Waals surface area contributed by atoms with Gasteiger partial charge in [-0.15, -0.1) is 0 Å². The van der Waals surface area contributed by atoms with E-state index in [0.29, 0.717) is 11.5 Å². The molecule has 0 bridgehead atoms. The van der Waals surface area contributed by atoms with E-state index >= 15 is 0 Å². The zero-order valence-corrected chi connectivity index (χ0v) is 16.2. The highest BCUT2D eigenvalue weighted by Crippen LogP contribution is 2.28. The standard InChI is InChI=1S/C19H14BrFO5S/c20-15-6-8-16(9-7-15)24-19(14-4-2-1-3-5-14)25-17-10-12-18(13-11-17)26-27(21,22)23/h1-13,19H. The molecule has 27 heavy (non-hydrogen) atoms. The Bertz CT molecular complexity index is 977. The van der Waals surface area contributed by atoms with Crippen molar-refractivity contribution in [3.8, 4) is 17.2 Å². The fraction of sp³-hybridized carbons (Fsp3) is 0.0526. The molecular weight excluding hydrogens is 439 g/mol. The van der Waals surface area contributed by atoms with Crippen LogP contribution in [0, 0.1) is 0 Å². The first kappa shape index (κ1) is 19.2. The molecule has 0 saturated heterocycles. The molecule has 3 aromatic carbocycles. The minimum atomic E-state index is -5.07. The van der Waals surface area contributed by atoms with Gasteiger partial charge in [0.1, 0.15) is 17.2 Å². The van der Waals surface area contributed by atoms with E-state index in [0.717, 1.165) is 10.0 Å². The Labute approximate surface area is 164 Å². The molecule has 0 aliphatic heterocycles. The summed E-state index contributed by atoms with van der Waals surface area (Å²) in [4.78, 5) is 0. The van der Waals surface area contributed by atoms with Gasteiger partial charge in [-0.05, 0) is 48.5 Å². The molecule has 1 atom stereocenters. The van der Waals surface area contributed by atoms with E-state index in [-0.39, 0.29) is 5.75 Å². The highest BCUT2D eigenvalue weighted by atomic mass is 79.9. The molecule has 3 rings (SSSR count). The molecule has 0 fully saturated rings. The van der Waals surface area contributed by atoms with E-state index in [1.807, 2.05) is 42.5 Å². The fourth-order valence-electron chi connectivity index (χ4n) is 2.22. The first-order chi connectivity index (χ1) is 12.9. The molecule has 0 aliphatic carbocycles. The number of halogens is 2. The molecule has 5 nitrogen and oxygen atoms in total. The van der Waals surface area contributed by atoms with Crippen LogP contribution in [0.4, 0.5) is 3.89 Å². The van der Waals surface area contributed by atoms with E-state index in [4.69, 9.17) is 9.47 Å². The van der Waals surface area contributed by atoms with Crippen molar-refractivity contribution in [2.45, 2.75) is 6.29 Å². The van der Waals surface area contributed by atoms with Crippen LogP contribution < -0.4 is 13.7 Å². The highest BCUT2D eigenvalue weighted by Gasteiger charge is 2.16. The summed E-state index contributed by atoms with van der Waals surface area (Å²) in [5.74, 6) is 0.843. The van der Waals surface area contributed by atoms with Gasteiger partial charge in [-0.1, -0.05) is 50.1 Å². The van der Waals surface area contributed by atoms with E-state index in [2.05, 4.69) is 20.1 Å². The lowest BCUT2D eigenvalue weighted by atomic mass is 10.2. The van der Waals surface area contributed by atoms with Crippen molar-refractivity contribution >= 4 is 26.4 Å². The first-order valence-electron chi connectivity index (χ1n) is 7.77. The minimum Gasteiger partial charge on any atom is -0.451 e. The third kappa shape index (κ3) is 5.97. The predicted octanol–water partition coefficient (Wildman–Crippen LogP) is 5.20. The van der Waals surface area contributed by atoms with Gasteiger partial charge in [0.15, 0.2) is 0 Å². The molecule has 140 valence electrons. The van der Waals surface area contributed by atoms with Gasteiger partial charge in [-0.2, -0.15) is 8.42 Å². The Hall–Kier alpha value is -2.58. The summed E-state index contributed by atoms with van der Waals surface area (Å²) in [6, 6.07) is 22.1. The van der Waals surface area contributed by atoms with Crippen LogP contribution in [-0.4, -0.2) is 8.42 Å². The van der Waals surface area contributed by atoms with Crippen molar-refractivity contribution in [1.82, 2.24) is 0 Å². The van der Waals surface area contributed by atoms with Crippen LogP contribution in [0.1, 0.15) is 11.9 Å². The summed E-state index contributed by atoms with van der Waals surface area (Å²) in [6.07, 6.45) is -0.746. The van der Waals surface area contributed by atoms with Crippen molar-refractivity contribution in [1.29, 1.82) is 0 Å². The molecule has 0 heterocycles. The van der Waals surface area contributed by atoms with Gasteiger partial charge in [0.25, 0.3) is 6.29 Å². The Kier molecular flexibility index (Phi) is 5.98. The van der Waals surface area contributed by atoms with Gasteiger partial charge in [0, 0.05) is 10.0 Å². The van der Waals surface area contributed by atoms with Gasteiger partial charge in [0.2, 0.25) is 0 Å². The topological polar surface area (TPSA) is 61.8 Å². The molecule has 0 aromatic heterocycles. The van der Waals surface area contributed by atoms with E-state index in [1.165, 1.54) is 24.3 Å². The van der Waals surface area contributed by atoms with Crippen molar-refractivity contribution in [2.75, 3.05) is 0 Å². The smallest absolute Gasteiger partial charge is 0.451 e. The SMILES string of the molecule is O=S(=O)(F)Oc1ccc(OC(Oc2ccc(Br)cc2)c2ccccc2)cc1. The van der Waals surface area contributed by atoms with E-state index in [9.17, 15) is 12.3 Å². The van der Waals surface area contributed by atoms with Crippen molar-refractivity contribution in [2.24, 2.45) is 0 Å². The van der Waals surface area contributed by atoms with Crippen LogP contribution >= 0.6 is 15.9 Å². The summed E-state index contributed by atoms with van der Waals surface area (Å²) in [7, 11) is -5.07. The summed E-state index contributed by atoms with van der Waals surface area (Å²) < 4.78 is 50.6. The van der Waals surface area contributed by atoms with Gasteiger partial charge in [-0.3, -0.25) is 0 Å². The second-order valence-electron chi connectivity index (χ2n) is 5.38. The zero-order chi connectivity index (χ0) is 19.3. The normalized spacial score (nSPS) is 12.2. The maximum atomic E-state index is 12.6. The summed E-state index contributed by atoms with van der Waals surface area (Å²) in [6.45, 7) is 0. The Balaban J connectivity index is 1.80. The minimum absolute atomic E-state index is 0.157. The molecule has 0 radical (unpaired) electrons. The molecule has 0 spiro atoms. The molecule has 0 N–H and O–H groups in total. The third-order valence-corrected chi connectivity index (χ3v) is 4.31. The number of hydrogen-bond donors (Lipinski definition) is 0. The molecule has 3 aromatic rings. The molecule has 8 heteroatoms. The lowest BCUT2D eigenvalue weighted by Crippen LogP contribution is -2.15. The van der Waals surface area contributed by atoms with Crippen LogP contribution in [0.2, 0.25) is 0 Å². The first-order valence-corrected chi connectivity index (χ1v) is 9.87. The maximum absolute atomic E-state index is 12.6. The molecule has 0 aliphatic rings. The molecule has 0 saturated carbocycles. The highest BCUT2D eigenvalue weighted by molar-refractivity contribution is 9.10. The van der Waals surface area contributed by atoms with Crippen LogP contribution in [0.15, 0.2) is 83.3 Å². The third-order valence-electron chi connectivity index (χ3n) is 3.39. The number of ether oxygens (including phenoxy) is 2. The predicted molar refractivity (Wildman–Crippen MR) is 102 cm³/mol. The van der Waals surface area contributed by atoms with Crippen molar-refractivity contribution in [3.05, 3.63) is 88.9 Å². The van der Waals surface area contributed by atoms with Gasteiger partial charge in [-0.25, -0.2) is 0 Å². The quantitative estimate of drug-likeness (QED) is 0.364. The average Bonchev–Trinajstić information content (AvgIpc) is 2.64. The number of hydrogen-bond acceptors (Lipinski definition) is 5. The second-order valence-corrected chi connectivity index (χ2v) is 7.25. The summed E-state index contributed by atoms with van der Waals surface area (Å²) >= 11 is 3.37. The van der Waals surface area contributed by atoms with Gasteiger partial charge >= 0.3 is 10.5 Å². The summed E-state index contributed by atoms with van der Waals surface area (Å²) in [5.41, 5.74) is 0.784. The monoisotopic (exact) mass is 452 g/mol. The Morgan fingerprint density at radius 1 is 0.741 bits per heavy atom. The van der Waals surface area contributed by atoms with E-state index < -0.39 is 16.8 Å². The Morgan fingerprint density at radius 3 is 1.74 bits per heavy atom. The lowest BCUT2D eigenvalue weighted by molar-refractivity contribution is 0.00378. The summed E-state index contributed by atoms with van der Waals surface area (Å²) in [5, 5.41) is 0. The zero-order valence-electron chi connectivity index (χ0n) is 13.8. The molecular formula is C19H14BrFO5S. The van der Waals surface area contributed by atoms with E-state index in [1.54, 1.807) is 12.1 Å². The Morgan fingerprint density at radius 2 is 1.22 bits per heavy atom.